The minimum Gasteiger partial charge on any atom is -0.392 e. The lowest BCUT2D eigenvalue weighted by Gasteiger charge is -2.22. The number of aliphatic hydroxyl groups is 1. The van der Waals surface area contributed by atoms with E-state index in [9.17, 15) is 0 Å². The number of aromatic nitrogens is 2. The van der Waals surface area contributed by atoms with Crippen LogP contribution in [0.15, 0.2) is 12.4 Å². The van der Waals surface area contributed by atoms with E-state index >= 15 is 0 Å². The van der Waals surface area contributed by atoms with E-state index in [2.05, 4.69) is 10.4 Å². The molecule has 2 heterocycles. The SMILES string of the molecule is OCc1cnn(C2CCNCC2)c1. The first-order valence-corrected chi connectivity index (χ1v) is 4.75. The number of nitrogens with one attached hydrogen (secondary N) is 1. The van der Waals surface area contributed by atoms with Crippen molar-refractivity contribution in [2.24, 2.45) is 0 Å². The minimum absolute atomic E-state index is 0.0883. The van der Waals surface area contributed by atoms with Crippen molar-refractivity contribution in [3.8, 4) is 0 Å². The number of aliphatic hydroxyl groups excluding tert-OH is 1. The van der Waals surface area contributed by atoms with Crippen LogP contribution in [0, 0.1) is 0 Å². The molecule has 13 heavy (non-hydrogen) atoms. The van der Waals surface area contributed by atoms with Crippen molar-refractivity contribution in [3.63, 3.8) is 0 Å². The Balaban J connectivity index is 2.05. The number of rotatable bonds is 2. The molecule has 1 aromatic rings. The fourth-order valence-electron chi connectivity index (χ4n) is 1.73. The van der Waals surface area contributed by atoms with E-state index in [1.54, 1.807) is 6.20 Å². The number of hydrogen-bond acceptors (Lipinski definition) is 3. The number of piperidine rings is 1. The largest absolute Gasteiger partial charge is 0.392 e. The summed E-state index contributed by atoms with van der Waals surface area (Å²) < 4.78 is 1.98. The van der Waals surface area contributed by atoms with Gasteiger partial charge in [-0.3, -0.25) is 4.68 Å². The van der Waals surface area contributed by atoms with Crippen LogP contribution in [0.25, 0.3) is 0 Å². The quantitative estimate of drug-likeness (QED) is 0.690. The van der Waals surface area contributed by atoms with Crippen LogP contribution in [0.5, 0.6) is 0 Å². The highest BCUT2D eigenvalue weighted by Gasteiger charge is 2.15. The first-order valence-electron chi connectivity index (χ1n) is 4.75. The zero-order valence-electron chi connectivity index (χ0n) is 7.61. The molecule has 0 spiro atoms. The van der Waals surface area contributed by atoms with Crippen molar-refractivity contribution in [2.45, 2.75) is 25.5 Å². The van der Waals surface area contributed by atoms with Crippen LogP contribution < -0.4 is 5.32 Å². The Morgan fingerprint density at radius 2 is 2.31 bits per heavy atom. The molecule has 0 radical (unpaired) electrons. The first kappa shape index (κ1) is 8.72. The molecule has 0 aliphatic carbocycles. The Hall–Kier alpha value is -0.870. The van der Waals surface area contributed by atoms with Gasteiger partial charge in [0.1, 0.15) is 0 Å². The van der Waals surface area contributed by atoms with Crippen molar-refractivity contribution in [1.82, 2.24) is 15.1 Å². The zero-order chi connectivity index (χ0) is 9.10. The highest BCUT2D eigenvalue weighted by atomic mass is 16.3. The fraction of sp³-hybridized carbons (Fsp3) is 0.667. The second-order valence-corrected chi connectivity index (χ2v) is 3.47. The second-order valence-electron chi connectivity index (χ2n) is 3.47. The molecular formula is C9H15N3O. The van der Waals surface area contributed by atoms with E-state index < -0.39 is 0 Å². The van der Waals surface area contributed by atoms with Gasteiger partial charge in [-0.1, -0.05) is 0 Å². The molecule has 1 saturated heterocycles. The standard InChI is InChI=1S/C9H15N3O/c13-7-8-5-11-12(6-8)9-1-3-10-4-2-9/h5-6,9-10,13H,1-4,7H2. The summed E-state index contributed by atoms with van der Waals surface area (Å²) in [5.74, 6) is 0. The van der Waals surface area contributed by atoms with Crippen molar-refractivity contribution < 1.29 is 5.11 Å². The molecule has 1 aromatic heterocycles. The van der Waals surface area contributed by atoms with Gasteiger partial charge in [0.05, 0.1) is 18.8 Å². The summed E-state index contributed by atoms with van der Waals surface area (Å²) in [4.78, 5) is 0. The number of nitrogens with zero attached hydrogens (tertiary/aromatic N) is 2. The maximum atomic E-state index is 8.88. The van der Waals surface area contributed by atoms with Gasteiger partial charge in [-0.25, -0.2) is 0 Å². The monoisotopic (exact) mass is 181 g/mol. The van der Waals surface area contributed by atoms with Gasteiger partial charge >= 0.3 is 0 Å². The van der Waals surface area contributed by atoms with Gasteiger partial charge in [0.25, 0.3) is 0 Å². The highest BCUT2D eigenvalue weighted by Crippen LogP contribution is 2.17. The van der Waals surface area contributed by atoms with Gasteiger partial charge in [-0.15, -0.1) is 0 Å². The molecule has 1 aliphatic heterocycles. The van der Waals surface area contributed by atoms with E-state index in [4.69, 9.17) is 5.11 Å². The third-order valence-corrected chi connectivity index (χ3v) is 2.52. The van der Waals surface area contributed by atoms with E-state index in [1.165, 1.54) is 0 Å². The molecule has 0 aromatic carbocycles. The molecule has 1 fully saturated rings. The van der Waals surface area contributed by atoms with Crippen LogP contribution in [0.3, 0.4) is 0 Å². The average Bonchev–Trinajstić information content (AvgIpc) is 2.67. The summed E-state index contributed by atoms with van der Waals surface area (Å²) in [6.45, 7) is 2.23. The summed E-state index contributed by atoms with van der Waals surface area (Å²) in [6.07, 6.45) is 5.94. The van der Waals surface area contributed by atoms with Crippen molar-refractivity contribution in [3.05, 3.63) is 18.0 Å². The van der Waals surface area contributed by atoms with Crippen LogP contribution in [0.1, 0.15) is 24.4 Å². The Morgan fingerprint density at radius 1 is 1.54 bits per heavy atom. The molecule has 0 saturated carbocycles. The Bertz CT molecular complexity index is 266. The molecule has 1 aliphatic rings. The maximum Gasteiger partial charge on any atom is 0.0712 e. The van der Waals surface area contributed by atoms with Gasteiger partial charge in [-0.05, 0) is 25.9 Å². The summed E-state index contributed by atoms with van der Waals surface area (Å²) in [5, 5.41) is 16.4. The van der Waals surface area contributed by atoms with Crippen molar-refractivity contribution >= 4 is 0 Å². The predicted molar refractivity (Wildman–Crippen MR) is 49.3 cm³/mol. The lowest BCUT2D eigenvalue weighted by atomic mass is 10.1. The van der Waals surface area contributed by atoms with Crippen LogP contribution in [0.4, 0.5) is 0 Å². The molecule has 4 heteroatoms. The van der Waals surface area contributed by atoms with Gasteiger partial charge in [0, 0.05) is 11.8 Å². The molecule has 72 valence electrons. The van der Waals surface area contributed by atoms with E-state index in [0.29, 0.717) is 6.04 Å². The molecule has 2 N–H and O–H groups in total. The van der Waals surface area contributed by atoms with Gasteiger partial charge in [-0.2, -0.15) is 5.10 Å². The van der Waals surface area contributed by atoms with Crippen molar-refractivity contribution in [1.29, 1.82) is 0 Å². The van der Waals surface area contributed by atoms with Crippen molar-refractivity contribution in [2.75, 3.05) is 13.1 Å². The molecule has 0 atom stereocenters. The minimum atomic E-state index is 0.0883. The van der Waals surface area contributed by atoms with Crippen LogP contribution in [0.2, 0.25) is 0 Å². The normalized spacial score (nSPS) is 19.2. The highest BCUT2D eigenvalue weighted by molar-refractivity contribution is 5.02. The maximum absolute atomic E-state index is 8.88. The summed E-state index contributed by atoms with van der Waals surface area (Å²) >= 11 is 0. The lowest BCUT2D eigenvalue weighted by molar-refractivity contribution is 0.281. The van der Waals surface area contributed by atoms with Crippen LogP contribution in [-0.2, 0) is 6.61 Å². The predicted octanol–water partition coefficient (Wildman–Crippen LogP) is 0.300. The first-order chi connectivity index (χ1) is 6.40. The smallest absolute Gasteiger partial charge is 0.0712 e. The zero-order valence-corrected chi connectivity index (χ0v) is 7.61. The second kappa shape index (κ2) is 3.89. The Labute approximate surface area is 77.6 Å². The molecule has 2 rings (SSSR count). The van der Waals surface area contributed by atoms with Gasteiger partial charge < -0.3 is 10.4 Å². The third kappa shape index (κ3) is 1.89. The molecule has 0 unspecified atom stereocenters. The molecule has 4 nitrogen and oxygen atoms in total. The van der Waals surface area contributed by atoms with Gasteiger partial charge in [0.2, 0.25) is 0 Å². The van der Waals surface area contributed by atoms with Crippen LogP contribution in [-0.4, -0.2) is 28.0 Å². The number of hydrogen-bond donors (Lipinski definition) is 2. The van der Waals surface area contributed by atoms with Crippen LogP contribution >= 0.6 is 0 Å². The summed E-state index contributed by atoms with van der Waals surface area (Å²) in [7, 11) is 0. The van der Waals surface area contributed by atoms with E-state index in [-0.39, 0.29) is 6.61 Å². The fourth-order valence-corrected chi connectivity index (χ4v) is 1.73. The van der Waals surface area contributed by atoms with Gasteiger partial charge in [0.15, 0.2) is 0 Å². The third-order valence-electron chi connectivity index (χ3n) is 2.52. The average molecular weight is 181 g/mol. The van der Waals surface area contributed by atoms with E-state index in [0.717, 1.165) is 31.5 Å². The molecule has 0 amide bonds. The Kier molecular flexibility index (Phi) is 2.61. The lowest BCUT2D eigenvalue weighted by Crippen LogP contribution is -2.29. The Morgan fingerprint density at radius 3 is 2.92 bits per heavy atom. The summed E-state index contributed by atoms with van der Waals surface area (Å²) in [5.41, 5.74) is 0.901. The van der Waals surface area contributed by atoms with E-state index in [1.807, 2.05) is 10.9 Å². The molecular weight excluding hydrogens is 166 g/mol. The summed E-state index contributed by atoms with van der Waals surface area (Å²) in [6, 6.07) is 0.515. The molecule has 0 bridgehead atoms. The topological polar surface area (TPSA) is 50.1 Å².